The molecule has 1 N–H and O–H groups in total. The monoisotopic (exact) mass is 94.0 g/mol. The number of hydrazone groups is 1. The Balaban J connectivity index is 2.60. The summed E-state index contributed by atoms with van der Waals surface area (Å²) in [6, 6.07) is 0. The smallest absolute Gasteiger partial charge is 0.218 e. The molecule has 0 aromatic heterocycles. The lowest BCUT2D eigenvalue weighted by Gasteiger charge is -1.77. The fourth-order valence-corrected chi connectivity index (χ4v) is 0.257. The van der Waals surface area contributed by atoms with E-state index in [4.69, 9.17) is 0 Å². The molecule has 3 nitrogen and oxygen atoms in total. The van der Waals surface area contributed by atoms with Crippen LogP contribution < -0.4 is 5.43 Å². The minimum Gasteiger partial charge on any atom is -0.284 e. The summed E-state index contributed by atoms with van der Waals surface area (Å²) in [5.74, 6) is 0. The number of allylic oxidation sites excluding steroid dienone is 1. The van der Waals surface area contributed by atoms with Gasteiger partial charge in [0.05, 0.1) is 0 Å². The molecule has 0 unspecified atom stereocenters. The van der Waals surface area contributed by atoms with Gasteiger partial charge in [-0.1, -0.05) is 0 Å². The predicted octanol–water partition coefficient (Wildman–Crippen LogP) is -0.00560. The number of nitrogens with zero attached hydrogens (tertiary/aromatic N) is 2. The van der Waals surface area contributed by atoms with E-state index in [1.54, 1.807) is 18.5 Å². The van der Waals surface area contributed by atoms with Crippen LogP contribution in [0.3, 0.4) is 0 Å². The van der Waals surface area contributed by atoms with Gasteiger partial charge in [-0.15, -0.1) is 0 Å². The van der Waals surface area contributed by atoms with Crippen LogP contribution in [0.1, 0.15) is 0 Å². The summed E-state index contributed by atoms with van der Waals surface area (Å²) in [7, 11) is 0. The maximum absolute atomic E-state index is 3.58. The number of nitrogens with one attached hydrogen (secondary N) is 1. The third kappa shape index (κ3) is 1.17. The maximum Gasteiger partial charge on any atom is 0.218 e. The highest BCUT2D eigenvalue weighted by atomic mass is 15.3. The van der Waals surface area contributed by atoms with Crippen molar-refractivity contribution < 1.29 is 0 Å². The lowest BCUT2D eigenvalue weighted by atomic mass is 10.7. The standard InChI is InChI=1S/C4H4N3/c1-2-5-4-7-6-3-1/h1-3,6H. The fraction of sp³-hybridized carbons (Fsp3) is 0. The molecule has 7 heavy (non-hydrogen) atoms. The molecule has 0 aromatic carbocycles. The molecule has 1 aliphatic heterocycles. The van der Waals surface area contributed by atoms with E-state index in [1.165, 1.54) is 0 Å². The van der Waals surface area contributed by atoms with Crippen LogP contribution in [0.5, 0.6) is 0 Å². The zero-order valence-corrected chi connectivity index (χ0v) is 3.63. The Morgan fingerprint density at radius 2 is 2.57 bits per heavy atom. The van der Waals surface area contributed by atoms with Crippen molar-refractivity contribution in [2.75, 3.05) is 0 Å². The average Bonchev–Trinajstić information content (AvgIpc) is 1.90. The average molecular weight is 94.1 g/mol. The SMILES string of the molecule is [C]1=NNC=CC=N1. The van der Waals surface area contributed by atoms with Crippen molar-refractivity contribution in [1.82, 2.24) is 5.43 Å². The third-order valence-electron chi connectivity index (χ3n) is 0.504. The molecule has 0 saturated heterocycles. The highest BCUT2D eigenvalue weighted by Gasteiger charge is 1.70. The molecular weight excluding hydrogens is 90.1 g/mol. The van der Waals surface area contributed by atoms with Gasteiger partial charge >= 0.3 is 0 Å². The van der Waals surface area contributed by atoms with Gasteiger partial charge in [-0.05, 0) is 6.08 Å². The van der Waals surface area contributed by atoms with E-state index in [9.17, 15) is 0 Å². The molecule has 35 valence electrons. The maximum atomic E-state index is 3.58. The lowest BCUT2D eigenvalue weighted by molar-refractivity contribution is 0.977. The van der Waals surface area contributed by atoms with E-state index >= 15 is 0 Å². The van der Waals surface area contributed by atoms with Crippen LogP contribution in [0.25, 0.3) is 0 Å². The van der Waals surface area contributed by atoms with Gasteiger partial charge in [0.2, 0.25) is 6.34 Å². The van der Waals surface area contributed by atoms with Crippen LogP contribution in [0.2, 0.25) is 0 Å². The van der Waals surface area contributed by atoms with Crippen LogP contribution in [0.15, 0.2) is 22.4 Å². The van der Waals surface area contributed by atoms with Crippen molar-refractivity contribution in [3.8, 4) is 0 Å². The Hall–Kier alpha value is -1.12. The molecule has 0 atom stereocenters. The summed E-state index contributed by atoms with van der Waals surface area (Å²) in [5, 5.41) is 3.49. The highest BCUT2D eigenvalue weighted by molar-refractivity contribution is 5.80. The minimum atomic E-state index is 1.60. The first-order valence-electron chi connectivity index (χ1n) is 1.88. The Kier molecular flexibility index (Phi) is 1.23. The van der Waals surface area contributed by atoms with Crippen molar-refractivity contribution in [2.45, 2.75) is 0 Å². The Bertz CT molecular complexity index is 109. The summed E-state index contributed by atoms with van der Waals surface area (Å²) in [5.41, 5.74) is 2.56. The van der Waals surface area contributed by atoms with Crippen molar-refractivity contribution in [3.05, 3.63) is 12.3 Å². The number of aliphatic imine (C=N–C) groups is 1. The van der Waals surface area contributed by atoms with Gasteiger partial charge in [-0.25, -0.2) is 4.99 Å². The van der Waals surface area contributed by atoms with E-state index in [0.717, 1.165) is 0 Å². The van der Waals surface area contributed by atoms with Crippen molar-refractivity contribution in [1.29, 1.82) is 0 Å². The molecule has 1 rings (SSSR count). The summed E-state index contributed by atoms with van der Waals surface area (Å²) >= 11 is 0. The molecule has 0 spiro atoms. The molecule has 0 aromatic rings. The Labute approximate surface area is 41.4 Å². The van der Waals surface area contributed by atoms with Gasteiger partial charge in [0.25, 0.3) is 0 Å². The lowest BCUT2D eigenvalue weighted by Crippen LogP contribution is -1.89. The zero-order chi connectivity index (χ0) is 4.95. The number of hydrogen-bond donors (Lipinski definition) is 1. The van der Waals surface area contributed by atoms with E-state index in [1.807, 2.05) is 0 Å². The summed E-state index contributed by atoms with van der Waals surface area (Å²) < 4.78 is 0. The molecule has 0 saturated carbocycles. The highest BCUT2D eigenvalue weighted by Crippen LogP contribution is 1.69. The van der Waals surface area contributed by atoms with E-state index < -0.39 is 0 Å². The minimum absolute atomic E-state index is 1.60. The molecule has 0 aliphatic carbocycles. The van der Waals surface area contributed by atoms with Gasteiger partial charge in [-0.3, -0.25) is 5.43 Å². The van der Waals surface area contributed by atoms with Gasteiger partial charge in [0, 0.05) is 12.4 Å². The quantitative estimate of drug-likeness (QED) is 0.450. The Morgan fingerprint density at radius 3 is 3.57 bits per heavy atom. The summed E-state index contributed by atoms with van der Waals surface area (Å²) in [4.78, 5) is 3.58. The fourth-order valence-electron chi connectivity index (χ4n) is 0.257. The molecule has 1 heterocycles. The molecule has 3 heteroatoms. The van der Waals surface area contributed by atoms with E-state index in [-0.39, 0.29) is 0 Å². The second kappa shape index (κ2) is 2.12. The Morgan fingerprint density at radius 1 is 1.57 bits per heavy atom. The molecular formula is C4H4N3. The molecule has 0 amide bonds. The summed E-state index contributed by atoms with van der Waals surface area (Å²) in [6.07, 6.45) is 7.38. The van der Waals surface area contributed by atoms with Crippen LogP contribution in [-0.4, -0.2) is 12.6 Å². The van der Waals surface area contributed by atoms with Gasteiger partial charge in [-0.2, -0.15) is 5.10 Å². The molecule has 0 bridgehead atoms. The predicted molar refractivity (Wildman–Crippen MR) is 28.2 cm³/mol. The first-order valence-corrected chi connectivity index (χ1v) is 1.88. The van der Waals surface area contributed by atoms with Crippen LogP contribution in [-0.2, 0) is 0 Å². The second-order valence-electron chi connectivity index (χ2n) is 0.978. The topological polar surface area (TPSA) is 36.8 Å². The second-order valence-corrected chi connectivity index (χ2v) is 0.978. The molecule has 1 radical (unpaired) electrons. The zero-order valence-electron chi connectivity index (χ0n) is 3.63. The van der Waals surface area contributed by atoms with Crippen molar-refractivity contribution in [3.63, 3.8) is 0 Å². The first-order chi connectivity index (χ1) is 3.50. The van der Waals surface area contributed by atoms with Gasteiger partial charge in [0.1, 0.15) is 0 Å². The van der Waals surface area contributed by atoms with Crippen LogP contribution in [0.4, 0.5) is 0 Å². The largest absolute Gasteiger partial charge is 0.284 e. The van der Waals surface area contributed by atoms with Crippen LogP contribution >= 0.6 is 0 Å². The van der Waals surface area contributed by atoms with E-state index in [2.05, 4.69) is 21.9 Å². The number of hydrogen-bond acceptors (Lipinski definition) is 3. The first kappa shape index (κ1) is 4.05. The van der Waals surface area contributed by atoms with Gasteiger partial charge in [0.15, 0.2) is 0 Å². The van der Waals surface area contributed by atoms with Crippen molar-refractivity contribution >= 4 is 12.6 Å². The van der Waals surface area contributed by atoms with E-state index in [0.29, 0.717) is 0 Å². The number of rotatable bonds is 0. The summed E-state index contributed by atoms with van der Waals surface area (Å²) in [6.45, 7) is 0. The van der Waals surface area contributed by atoms with Crippen LogP contribution in [0, 0.1) is 0 Å². The third-order valence-corrected chi connectivity index (χ3v) is 0.504. The van der Waals surface area contributed by atoms with Crippen molar-refractivity contribution in [2.24, 2.45) is 10.1 Å². The van der Waals surface area contributed by atoms with Gasteiger partial charge < -0.3 is 0 Å². The molecule has 1 aliphatic rings. The normalized spacial score (nSPS) is 16.0. The molecule has 0 fully saturated rings.